The van der Waals surface area contributed by atoms with Gasteiger partial charge in [-0.15, -0.1) is 0 Å². The van der Waals surface area contributed by atoms with Gasteiger partial charge in [0.1, 0.15) is 0 Å². The maximum absolute atomic E-state index is 13.1. The Balaban J connectivity index is 1.61. The van der Waals surface area contributed by atoms with Gasteiger partial charge in [0.2, 0.25) is 0 Å². The number of hydrogen-bond acceptors (Lipinski definition) is 3. The van der Waals surface area contributed by atoms with Crippen LogP contribution in [0.3, 0.4) is 0 Å². The van der Waals surface area contributed by atoms with Gasteiger partial charge in [-0.05, 0) is 56.2 Å². The van der Waals surface area contributed by atoms with E-state index in [4.69, 9.17) is 11.6 Å². The quantitative estimate of drug-likeness (QED) is 0.677. The maximum atomic E-state index is 13.1. The van der Waals surface area contributed by atoms with Gasteiger partial charge in [-0.1, -0.05) is 23.7 Å². The van der Waals surface area contributed by atoms with Crippen molar-refractivity contribution in [3.63, 3.8) is 0 Å². The maximum Gasteiger partial charge on any atom is 0.275 e. The van der Waals surface area contributed by atoms with E-state index in [0.717, 1.165) is 24.2 Å². The average molecular weight is 367 g/mol. The Labute approximate surface area is 157 Å². The van der Waals surface area contributed by atoms with Crippen molar-refractivity contribution in [2.45, 2.75) is 31.8 Å². The van der Waals surface area contributed by atoms with Gasteiger partial charge in [-0.2, -0.15) is 5.10 Å². The van der Waals surface area contributed by atoms with E-state index in [0.29, 0.717) is 10.7 Å². The van der Waals surface area contributed by atoms with E-state index >= 15 is 0 Å². The lowest BCUT2D eigenvalue weighted by Crippen LogP contribution is -2.36. The van der Waals surface area contributed by atoms with Crippen LogP contribution in [-0.4, -0.2) is 31.6 Å². The summed E-state index contributed by atoms with van der Waals surface area (Å²) in [6.45, 7) is 2.02. The molecule has 5 nitrogen and oxygen atoms in total. The van der Waals surface area contributed by atoms with Crippen LogP contribution in [-0.2, 0) is 0 Å². The highest BCUT2D eigenvalue weighted by atomic mass is 35.5. The SMILES string of the molecule is CC(c1ccccn1)N(C(=O)c1ccn(-c2cccc(Cl)c2)n1)C1CC1. The lowest BCUT2D eigenvalue weighted by molar-refractivity contribution is 0.0663. The molecular weight excluding hydrogens is 348 g/mol. The molecule has 1 unspecified atom stereocenters. The summed E-state index contributed by atoms with van der Waals surface area (Å²) < 4.78 is 1.68. The predicted octanol–water partition coefficient (Wildman–Crippen LogP) is 4.29. The molecule has 1 atom stereocenters. The fourth-order valence-electron chi connectivity index (χ4n) is 3.11. The second-order valence-corrected chi connectivity index (χ2v) is 6.94. The van der Waals surface area contributed by atoms with E-state index in [2.05, 4.69) is 10.1 Å². The molecule has 0 N–H and O–H groups in total. The second kappa shape index (κ2) is 6.92. The van der Waals surface area contributed by atoms with Crippen LogP contribution in [0.25, 0.3) is 5.69 Å². The third kappa shape index (κ3) is 3.35. The highest BCUT2D eigenvalue weighted by Crippen LogP contribution is 2.34. The van der Waals surface area contributed by atoms with E-state index in [1.807, 2.05) is 54.3 Å². The minimum absolute atomic E-state index is 0.0635. The zero-order valence-corrected chi connectivity index (χ0v) is 15.2. The molecule has 2 heterocycles. The first kappa shape index (κ1) is 16.8. The molecule has 26 heavy (non-hydrogen) atoms. The van der Waals surface area contributed by atoms with Crippen molar-refractivity contribution in [2.75, 3.05) is 0 Å². The lowest BCUT2D eigenvalue weighted by atomic mass is 10.1. The molecule has 0 spiro atoms. The molecule has 4 rings (SSSR count). The molecule has 1 amide bonds. The summed E-state index contributed by atoms with van der Waals surface area (Å²) in [5, 5.41) is 5.11. The van der Waals surface area contributed by atoms with E-state index in [9.17, 15) is 4.79 Å². The molecular formula is C20H19ClN4O. The van der Waals surface area contributed by atoms with E-state index in [1.54, 1.807) is 23.1 Å². The summed E-state index contributed by atoms with van der Waals surface area (Å²) >= 11 is 6.05. The van der Waals surface area contributed by atoms with Crippen molar-refractivity contribution >= 4 is 17.5 Å². The first-order valence-electron chi connectivity index (χ1n) is 8.68. The molecule has 2 aromatic heterocycles. The summed E-state index contributed by atoms with van der Waals surface area (Å²) in [5.74, 6) is -0.0635. The first-order valence-corrected chi connectivity index (χ1v) is 9.06. The van der Waals surface area contributed by atoms with Crippen molar-refractivity contribution in [3.05, 3.63) is 77.3 Å². The van der Waals surface area contributed by atoms with Crippen LogP contribution in [0.1, 0.15) is 42.0 Å². The molecule has 1 aliphatic rings. The van der Waals surface area contributed by atoms with Crippen molar-refractivity contribution in [1.29, 1.82) is 0 Å². The predicted molar refractivity (Wildman–Crippen MR) is 100 cm³/mol. The first-order chi connectivity index (χ1) is 12.6. The Morgan fingerprint density at radius 3 is 2.77 bits per heavy atom. The number of benzene rings is 1. The topological polar surface area (TPSA) is 51.0 Å². The van der Waals surface area contributed by atoms with Crippen LogP contribution in [0.2, 0.25) is 5.02 Å². The molecule has 0 aliphatic heterocycles. The van der Waals surface area contributed by atoms with Gasteiger partial charge < -0.3 is 4.90 Å². The zero-order valence-electron chi connectivity index (χ0n) is 14.4. The molecule has 132 valence electrons. The van der Waals surface area contributed by atoms with Gasteiger partial charge in [-0.3, -0.25) is 9.78 Å². The number of amides is 1. The van der Waals surface area contributed by atoms with Gasteiger partial charge in [0.25, 0.3) is 5.91 Å². The van der Waals surface area contributed by atoms with Crippen molar-refractivity contribution in [1.82, 2.24) is 19.7 Å². The second-order valence-electron chi connectivity index (χ2n) is 6.50. The summed E-state index contributed by atoms with van der Waals surface area (Å²) in [7, 11) is 0. The number of hydrogen-bond donors (Lipinski definition) is 0. The number of halogens is 1. The monoisotopic (exact) mass is 366 g/mol. The number of nitrogens with zero attached hydrogens (tertiary/aromatic N) is 4. The fraction of sp³-hybridized carbons (Fsp3) is 0.250. The Kier molecular flexibility index (Phi) is 4.47. The highest BCUT2D eigenvalue weighted by Gasteiger charge is 2.37. The number of carbonyl (C=O) groups is 1. The molecule has 1 saturated carbocycles. The largest absolute Gasteiger partial charge is 0.326 e. The van der Waals surface area contributed by atoms with E-state index in [-0.39, 0.29) is 18.0 Å². The number of carbonyl (C=O) groups excluding carboxylic acids is 1. The van der Waals surface area contributed by atoms with Crippen molar-refractivity contribution < 1.29 is 4.79 Å². The summed E-state index contributed by atoms with van der Waals surface area (Å²) in [6.07, 6.45) is 5.60. The number of rotatable bonds is 5. The Bertz CT molecular complexity index is 920. The van der Waals surface area contributed by atoms with Crippen LogP contribution in [0.15, 0.2) is 60.9 Å². The summed E-state index contributed by atoms with van der Waals surface area (Å²) in [6, 6.07) is 15.1. The van der Waals surface area contributed by atoms with Crippen molar-refractivity contribution in [2.24, 2.45) is 0 Å². The van der Waals surface area contributed by atoms with E-state index < -0.39 is 0 Å². The molecule has 1 aromatic carbocycles. The zero-order chi connectivity index (χ0) is 18.1. The van der Waals surface area contributed by atoms with Crippen LogP contribution >= 0.6 is 11.6 Å². The summed E-state index contributed by atoms with van der Waals surface area (Å²) in [4.78, 5) is 19.5. The summed E-state index contributed by atoms with van der Waals surface area (Å²) in [5.41, 5.74) is 2.15. The Hall–Kier alpha value is -2.66. The van der Waals surface area contributed by atoms with Crippen molar-refractivity contribution in [3.8, 4) is 5.69 Å². The minimum Gasteiger partial charge on any atom is -0.326 e. The molecule has 0 radical (unpaired) electrons. The minimum atomic E-state index is -0.0903. The van der Waals surface area contributed by atoms with Gasteiger partial charge in [0, 0.05) is 23.5 Å². The van der Waals surface area contributed by atoms with Crippen LogP contribution in [0, 0.1) is 0 Å². The lowest BCUT2D eigenvalue weighted by Gasteiger charge is -2.28. The van der Waals surface area contributed by atoms with Crippen LogP contribution < -0.4 is 0 Å². The number of pyridine rings is 1. The number of aromatic nitrogens is 3. The fourth-order valence-corrected chi connectivity index (χ4v) is 3.29. The Morgan fingerprint density at radius 2 is 2.08 bits per heavy atom. The van der Waals surface area contributed by atoms with Crippen LogP contribution in [0.4, 0.5) is 0 Å². The molecule has 0 saturated heterocycles. The normalized spacial score (nSPS) is 14.8. The average Bonchev–Trinajstić information content (AvgIpc) is 3.36. The van der Waals surface area contributed by atoms with Gasteiger partial charge in [0.05, 0.1) is 17.4 Å². The van der Waals surface area contributed by atoms with Gasteiger partial charge in [-0.25, -0.2) is 4.68 Å². The Morgan fingerprint density at radius 1 is 1.23 bits per heavy atom. The third-order valence-electron chi connectivity index (χ3n) is 4.59. The van der Waals surface area contributed by atoms with Crippen LogP contribution in [0.5, 0.6) is 0 Å². The smallest absolute Gasteiger partial charge is 0.275 e. The molecule has 1 fully saturated rings. The van der Waals surface area contributed by atoms with Gasteiger partial charge >= 0.3 is 0 Å². The molecule has 3 aromatic rings. The van der Waals surface area contributed by atoms with E-state index in [1.165, 1.54) is 0 Å². The standard InChI is InChI=1S/C20H19ClN4O/c1-14(18-7-2-3-11-22-18)25(16-8-9-16)20(26)19-10-12-24(23-19)17-6-4-5-15(21)13-17/h2-7,10-14,16H,8-9H2,1H3. The molecule has 6 heteroatoms. The highest BCUT2D eigenvalue weighted by molar-refractivity contribution is 6.30. The van der Waals surface area contributed by atoms with Gasteiger partial charge in [0.15, 0.2) is 5.69 Å². The molecule has 0 bridgehead atoms. The third-order valence-corrected chi connectivity index (χ3v) is 4.82. The molecule has 1 aliphatic carbocycles.